The molecular weight excluding hydrogens is 272 g/mol. The number of ether oxygens (including phenoxy) is 1. The first-order valence-corrected chi connectivity index (χ1v) is 8.18. The Morgan fingerprint density at radius 3 is 2.77 bits per heavy atom. The first kappa shape index (κ1) is 15.1. The molecular formula is C19H24N2O. The van der Waals surface area contributed by atoms with Crippen LogP contribution in [0.2, 0.25) is 0 Å². The molecule has 2 aliphatic rings. The Bertz CT molecular complexity index is 599. The van der Waals surface area contributed by atoms with Gasteiger partial charge >= 0.3 is 0 Å². The minimum Gasteiger partial charge on any atom is -0.496 e. The monoisotopic (exact) mass is 296 g/mol. The molecule has 3 heteroatoms. The smallest absolute Gasteiger partial charge is 0.103 e. The van der Waals surface area contributed by atoms with Crippen molar-refractivity contribution in [3.8, 4) is 6.07 Å². The molecule has 116 valence electrons. The van der Waals surface area contributed by atoms with Crippen molar-refractivity contribution in [1.29, 1.82) is 5.26 Å². The van der Waals surface area contributed by atoms with Crippen molar-refractivity contribution in [2.24, 2.45) is 0 Å². The van der Waals surface area contributed by atoms with E-state index in [1.807, 2.05) is 12.1 Å². The second-order valence-corrected chi connectivity index (χ2v) is 6.72. The molecule has 0 aromatic heterocycles. The van der Waals surface area contributed by atoms with Gasteiger partial charge in [0.15, 0.2) is 0 Å². The predicted octanol–water partition coefficient (Wildman–Crippen LogP) is 3.60. The predicted molar refractivity (Wildman–Crippen MR) is 87.4 cm³/mol. The van der Waals surface area contributed by atoms with Crippen LogP contribution in [-0.4, -0.2) is 31.1 Å². The molecule has 0 spiro atoms. The highest BCUT2D eigenvalue weighted by molar-refractivity contribution is 5.40. The van der Waals surface area contributed by atoms with Crippen molar-refractivity contribution in [2.45, 2.75) is 44.1 Å². The molecule has 2 atom stereocenters. The zero-order chi connectivity index (χ0) is 15.6. The number of likely N-dealkylation sites (tertiary alicyclic amines) is 1. The van der Waals surface area contributed by atoms with Gasteiger partial charge in [-0.05, 0) is 70.0 Å². The lowest BCUT2D eigenvalue weighted by Gasteiger charge is -2.30. The maximum absolute atomic E-state index is 8.95. The van der Waals surface area contributed by atoms with E-state index in [-0.39, 0.29) is 5.41 Å². The van der Waals surface area contributed by atoms with E-state index in [2.05, 4.69) is 43.1 Å². The zero-order valence-electron chi connectivity index (χ0n) is 13.5. The van der Waals surface area contributed by atoms with Gasteiger partial charge in [-0.2, -0.15) is 5.26 Å². The number of rotatable bonds is 4. The summed E-state index contributed by atoms with van der Waals surface area (Å²) in [6, 6.07) is 10.7. The topological polar surface area (TPSA) is 36.3 Å². The van der Waals surface area contributed by atoms with Crippen molar-refractivity contribution in [3.63, 3.8) is 0 Å². The van der Waals surface area contributed by atoms with E-state index in [0.717, 1.165) is 25.2 Å². The van der Waals surface area contributed by atoms with Gasteiger partial charge in [0.2, 0.25) is 0 Å². The summed E-state index contributed by atoms with van der Waals surface area (Å²) in [5.74, 6) is 1.11. The molecule has 0 N–H and O–H groups in total. The Labute approximate surface area is 133 Å². The van der Waals surface area contributed by atoms with Crippen molar-refractivity contribution < 1.29 is 4.74 Å². The lowest BCUT2D eigenvalue weighted by Crippen LogP contribution is -2.31. The average molecular weight is 296 g/mol. The molecule has 3 nitrogen and oxygen atoms in total. The van der Waals surface area contributed by atoms with Crippen molar-refractivity contribution >= 4 is 0 Å². The van der Waals surface area contributed by atoms with Gasteiger partial charge in [0.25, 0.3) is 0 Å². The van der Waals surface area contributed by atoms with Gasteiger partial charge < -0.3 is 9.64 Å². The van der Waals surface area contributed by atoms with Crippen molar-refractivity contribution in [2.75, 3.05) is 20.2 Å². The van der Waals surface area contributed by atoms with E-state index in [4.69, 9.17) is 10.00 Å². The van der Waals surface area contributed by atoms with E-state index < -0.39 is 0 Å². The van der Waals surface area contributed by atoms with E-state index in [1.165, 1.54) is 24.9 Å². The number of likely N-dealkylation sites (N-methyl/N-ethyl adjacent to an activating group) is 1. The molecule has 1 aliphatic carbocycles. The van der Waals surface area contributed by atoms with E-state index >= 15 is 0 Å². The van der Waals surface area contributed by atoms with Crippen LogP contribution < -0.4 is 0 Å². The maximum atomic E-state index is 8.95. The SMILES string of the molecule is CN1CCC[C@H]1COC1=CCC[C@]1(C)c1ccc(C#N)cc1. The van der Waals surface area contributed by atoms with Crippen LogP contribution in [0.4, 0.5) is 0 Å². The molecule has 1 aliphatic heterocycles. The first-order valence-electron chi connectivity index (χ1n) is 8.18. The lowest BCUT2D eigenvalue weighted by atomic mass is 9.80. The summed E-state index contributed by atoms with van der Waals surface area (Å²) in [4.78, 5) is 2.40. The molecule has 0 bridgehead atoms. The average Bonchev–Trinajstić information content (AvgIpc) is 3.12. The normalized spacial score (nSPS) is 28.4. The van der Waals surface area contributed by atoms with Crippen LogP contribution in [-0.2, 0) is 10.2 Å². The summed E-state index contributed by atoms with van der Waals surface area (Å²) in [5.41, 5.74) is 1.91. The van der Waals surface area contributed by atoms with Gasteiger partial charge in [-0.25, -0.2) is 0 Å². The highest BCUT2D eigenvalue weighted by Gasteiger charge is 2.36. The second-order valence-electron chi connectivity index (χ2n) is 6.72. The standard InChI is InChI=1S/C19H24N2O/c1-19(16-9-7-15(13-20)8-10-16)11-3-6-18(19)22-14-17-5-4-12-21(17)2/h6-10,17H,3-5,11-12,14H2,1-2H3/t17-,19+/m0/s1. The first-order chi connectivity index (χ1) is 10.6. The molecule has 0 amide bonds. The lowest BCUT2D eigenvalue weighted by molar-refractivity contribution is 0.116. The Hall–Kier alpha value is -1.79. The van der Waals surface area contributed by atoms with Gasteiger partial charge in [-0.3, -0.25) is 0 Å². The summed E-state index contributed by atoms with van der Waals surface area (Å²) < 4.78 is 6.24. The molecule has 1 heterocycles. The third-order valence-electron chi connectivity index (χ3n) is 5.27. The molecule has 22 heavy (non-hydrogen) atoms. The molecule has 1 fully saturated rings. The van der Waals surface area contributed by atoms with E-state index in [9.17, 15) is 0 Å². The van der Waals surface area contributed by atoms with Crippen LogP contribution in [0.15, 0.2) is 36.1 Å². The molecule has 1 aromatic rings. The Morgan fingerprint density at radius 1 is 1.36 bits per heavy atom. The summed E-state index contributed by atoms with van der Waals surface area (Å²) >= 11 is 0. The van der Waals surface area contributed by atoms with Crippen LogP contribution >= 0.6 is 0 Å². The van der Waals surface area contributed by atoms with Gasteiger partial charge in [-0.15, -0.1) is 0 Å². The minimum absolute atomic E-state index is 0.0504. The molecule has 1 saturated heterocycles. The molecule has 0 saturated carbocycles. The Morgan fingerprint density at radius 2 is 2.14 bits per heavy atom. The largest absolute Gasteiger partial charge is 0.496 e. The van der Waals surface area contributed by atoms with Gasteiger partial charge in [0.05, 0.1) is 11.6 Å². The third kappa shape index (κ3) is 2.76. The fourth-order valence-corrected chi connectivity index (χ4v) is 3.63. The minimum atomic E-state index is -0.0504. The van der Waals surface area contributed by atoms with Crippen molar-refractivity contribution in [3.05, 3.63) is 47.2 Å². The quantitative estimate of drug-likeness (QED) is 0.851. The summed E-state index contributed by atoms with van der Waals surface area (Å²) in [6.07, 6.45) is 6.89. The Kier molecular flexibility index (Phi) is 4.22. The van der Waals surface area contributed by atoms with Gasteiger partial charge in [-0.1, -0.05) is 12.1 Å². The highest BCUT2D eigenvalue weighted by Crippen LogP contribution is 2.42. The molecule has 1 aromatic carbocycles. The fraction of sp³-hybridized carbons (Fsp3) is 0.526. The van der Waals surface area contributed by atoms with Crippen LogP contribution in [0.25, 0.3) is 0 Å². The number of nitrogens with zero attached hydrogens (tertiary/aromatic N) is 2. The van der Waals surface area contributed by atoms with Gasteiger partial charge in [0.1, 0.15) is 12.4 Å². The van der Waals surface area contributed by atoms with E-state index in [1.54, 1.807) is 0 Å². The number of benzene rings is 1. The summed E-state index contributed by atoms with van der Waals surface area (Å²) in [6.45, 7) is 4.22. The Balaban J connectivity index is 1.71. The van der Waals surface area contributed by atoms with Crippen LogP contribution in [0.5, 0.6) is 0 Å². The number of hydrogen-bond acceptors (Lipinski definition) is 3. The molecule has 0 radical (unpaired) electrons. The second kappa shape index (κ2) is 6.14. The number of allylic oxidation sites excluding steroid dienone is 2. The van der Waals surface area contributed by atoms with Crippen molar-refractivity contribution in [1.82, 2.24) is 4.90 Å². The zero-order valence-corrected chi connectivity index (χ0v) is 13.5. The summed E-state index contributed by atoms with van der Waals surface area (Å²) in [5, 5.41) is 8.95. The van der Waals surface area contributed by atoms with Crippen LogP contribution in [0.1, 0.15) is 43.7 Å². The van der Waals surface area contributed by atoms with Crippen LogP contribution in [0.3, 0.4) is 0 Å². The molecule has 0 unspecified atom stereocenters. The third-order valence-corrected chi connectivity index (χ3v) is 5.27. The van der Waals surface area contributed by atoms with E-state index in [0.29, 0.717) is 11.6 Å². The van der Waals surface area contributed by atoms with Crippen LogP contribution in [0, 0.1) is 11.3 Å². The van der Waals surface area contributed by atoms with Gasteiger partial charge in [0, 0.05) is 11.5 Å². The maximum Gasteiger partial charge on any atom is 0.103 e. The summed E-state index contributed by atoms with van der Waals surface area (Å²) in [7, 11) is 2.18. The number of hydrogen-bond donors (Lipinski definition) is 0. The number of nitriles is 1. The molecule has 3 rings (SSSR count). The fourth-order valence-electron chi connectivity index (χ4n) is 3.63. The highest BCUT2D eigenvalue weighted by atomic mass is 16.5.